The lowest BCUT2D eigenvalue weighted by atomic mass is 10.1. The topological polar surface area (TPSA) is 84.7 Å². The Kier molecular flexibility index (Phi) is 4.12. The van der Waals surface area contributed by atoms with Crippen molar-refractivity contribution in [2.24, 2.45) is 0 Å². The van der Waals surface area contributed by atoms with Gasteiger partial charge < -0.3 is 10.3 Å². The number of amides is 1. The number of hydrogen-bond acceptors (Lipinski definition) is 4. The Morgan fingerprint density at radius 2 is 2.18 bits per heavy atom. The molecule has 1 aliphatic carbocycles. The molecule has 7 nitrogen and oxygen atoms in total. The fraction of sp³-hybridized carbons (Fsp3) is 0.250. The van der Waals surface area contributed by atoms with Crippen LogP contribution >= 0.6 is 11.3 Å². The molecule has 0 saturated heterocycles. The zero-order valence-corrected chi connectivity index (χ0v) is 15.9. The molecular formula is C20H19N5O2S. The fourth-order valence-electron chi connectivity index (χ4n) is 3.37. The number of benzene rings is 1. The maximum atomic E-state index is 12.8. The Labute approximate surface area is 164 Å². The molecule has 1 saturated carbocycles. The number of aromatic nitrogens is 4. The van der Waals surface area contributed by atoms with Crippen molar-refractivity contribution in [3.05, 3.63) is 64.0 Å². The largest absolute Gasteiger partial charge is 0.361 e. The molecule has 0 unspecified atom stereocenters. The van der Waals surface area contributed by atoms with Crippen LogP contribution in [0, 0.1) is 0 Å². The van der Waals surface area contributed by atoms with Gasteiger partial charge in [0.25, 0.3) is 5.91 Å². The number of hydrogen-bond donors (Lipinski definition) is 2. The zero-order chi connectivity index (χ0) is 19.1. The Morgan fingerprint density at radius 3 is 2.96 bits per heavy atom. The SMILES string of the molecule is O=C(NCCn1nc(-c2cccs2)n(C2CC2)c1=O)c1ccc2[nH]ccc2c1. The molecule has 1 fully saturated rings. The van der Waals surface area contributed by atoms with Crippen LogP contribution in [0.3, 0.4) is 0 Å². The summed E-state index contributed by atoms with van der Waals surface area (Å²) in [6, 6.07) is 11.7. The van der Waals surface area contributed by atoms with Crippen molar-refractivity contribution in [1.82, 2.24) is 24.6 Å². The van der Waals surface area contributed by atoms with E-state index in [9.17, 15) is 9.59 Å². The van der Waals surface area contributed by atoms with Gasteiger partial charge in [-0.05, 0) is 48.6 Å². The van der Waals surface area contributed by atoms with Crippen LogP contribution in [0.4, 0.5) is 0 Å². The van der Waals surface area contributed by atoms with Crippen LogP contribution in [-0.4, -0.2) is 31.8 Å². The summed E-state index contributed by atoms with van der Waals surface area (Å²) >= 11 is 1.58. The van der Waals surface area contributed by atoms with Gasteiger partial charge in [-0.15, -0.1) is 16.4 Å². The maximum Gasteiger partial charge on any atom is 0.346 e. The van der Waals surface area contributed by atoms with Crippen LogP contribution in [0.15, 0.2) is 52.8 Å². The molecular weight excluding hydrogens is 374 g/mol. The van der Waals surface area contributed by atoms with E-state index in [-0.39, 0.29) is 17.6 Å². The second kappa shape index (κ2) is 6.79. The molecule has 8 heteroatoms. The van der Waals surface area contributed by atoms with E-state index in [1.807, 2.05) is 41.9 Å². The molecule has 142 valence electrons. The third-order valence-corrected chi connectivity index (χ3v) is 5.81. The smallest absolute Gasteiger partial charge is 0.346 e. The molecule has 1 aliphatic rings. The average Bonchev–Trinajstić information content (AvgIpc) is 3.11. The number of aromatic amines is 1. The van der Waals surface area contributed by atoms with Crippen molar-refractivity contribution in [1.29, 1.82) is 0 Å². The van der Waals surface area contributed by atoms with Gasteiger partial charge in [0.05, 0.1) is 11.4 Å². The monoisotopic (exact) mass is 393 g/mol. The first-order valence-electron chi connectivity index (χ1n) is 9.29. The van der Waals surface area contributed by atoms with E-state index >= 15 is 0 Å². The third kappa shape index (κ3) is 3.05. The molecule has 1 amide bonds. The first kappa shape index (κ1) is 17.0. The lowest BCUT2D eigenvalue weighted by molar-refractivity contribution is 0.0952. The number of thiophene rings is 1. The number of H-pyrrole nitrogens is 1. The molecule has 0 radical (unpaired) electrons. The second-order valence-corrected chi connectivity index (χ2v) is 7.89. The van der Waals surface area contributed by atoms with Crippen molar-refractivity contribution < 1.29 is 4.79 Å². The van der Waals surface area contributed by atoms with Gasteiger partial charge in [0.15, 0.2) is 5.82 Å². The highest BCUT2D eigenvalue weighted by Gasteiger charge is 2.30. The summed E-state index contributed by atoms with van der Waals surface area (Å²) in [5.74, 6) is 0.572. The van der Waals surface area contributed by atoms with E-state index in [0.29, 0.717) is 18.7 Å². The molecule has 0 spiro atoms. The van der Waals surface area contributed by atoms with Gasteiger partial charge in [-0.25, -0.2) is 9.48 Å². The Balaban J connectivity index is 1.31. The molecule has 3 heterocycles. The predicted molar refractivity (Wildman–Crippen MR) is 109 cm³/mol. The van der Waals surface area contributed by atoms with E-state index in [1.165, 1.54) is 4.68 Å². The molecule has 0 aliphatic heterocycles. The number of carbonyl (C=O) groups is 1. The van der Waals surface area contributed by atoms with Crippen LogP contribution in [0.2, 0.25) is 0 Å². The highest BCUT2D eigenvalue weighted by molar-refractivity contribution is 7.13. The Morgan fingerprint density at radius 1 is 1.29 bits per heavy atom. The van der Waals surface area contributed by atoms with Crippen LogP contribution < -0.4 is 11.0 Å². The number of nitrogens with one attached hydrogen (secondary N) is 2. The van der Waals surface area contributed by atoms with Crippen molar-refractivity contribution in [2.75, 3.05) is 6.54 Å². The predicted octanol–water partition coefficient (Wildman–Crippen LogP) is 3.02. The molecule has 0 atom stereocenters. The summed E-state index contributed by atoms with van der Waals surface area (Å²) in [6.45, 7) is 0.685. The molecule has 3 aromatic heterocycles. The maximum absolute atomic E-state index is 12.8. The number of fused-ring (bicyclic) bond motifs is 1. The van der Waals surface area contributed by atoms with Gasteiger partial charge in [0.1, 0.15) is 0 Å². The normalized spacial score (nSPS) is 13.9. The first-order chi connectivity index (χ1) is 13.7. The van der Waals surface area contributed by atoms with Crippen molar-refractivity contribution in [3.63, 3.8) is 0 Å². The number of rotatable bonds is 6. The van der Waals surface area contributed by atoms with Crippen LogP contribution in [0.5, 0.6) is 0 Å². The fourth-order valence-corrected chi connectivity index (χ4v) is 4.08. The molecule has 1 aromatic carbocycles. The highest BCUT2D eigenvalue weighted by atomic mass is 32.1. The Hall–Kier alpha value is -3.13. The first-order valence-corrected chi connectivity index (χ1v) is 10.2. The molecule has 0 bridgehead atoms. The minimum Gasteiger partial charge on any atom is -0.361 e. The number of nitrogens with zero attached hydrogens (tertiary/aromatic N) is 3. The van der Waals surface area contributed by atoms with Gasteiger partial charge in [-0.2, -0.15) is 0 Å². The summed E-state index contributed by atoms with van der Waals surface area (Å²) in [5.41, 5.74) is 1.49. The second-order valence-electron chi connectivity index (χ2n) is 6.94. The van der Waals surface area contributed by atoms with Crippen LogP contribution in [0.1, 0.15) is 29.2 Å². The van der Waals surface area contributed by atoms with Crippen molar-refractivity contribution in [2.45, 2.75) is 25.4 Å². The van der Waals surface area contributed by atoms with Gasteiger partial charge in [0.2, 0.25) is 0 Å². The van der Waals surface area contributed by atoms with Gasteiger partial charge in [-0.1, -0.05) is 6.07 Å². The van der Waals surface area contributed by atoms with E-state index in [0.717, 1.165) is 34.4 Å². The highest BCUT2D eigenvalue weighted by Crippen LogP contribution is 2.37. The van der Waals surface area contributed by atoms with Gasteiger partial charge >= 0.3 is 5.69 Å². The van der Waals surface area contributed by atoms with Gasteiger partial charge in [0, 0.05) is 35.2 Å². The molecule has 2 N–H and O–H groups in total. The minimum absolute atomic E-state index is 0.103. The zero-order valence-electron chi connectivity index (χ0n) is 15.1. The molecule has 28 heavy (non-hydrogen) atoms. The summed E-state index contributed by atoms with van der Waals surface area (Å²) in [5, 5.41) is 10.4. The van der Waals surface area contributed by atoms with E-state index in [2.05, 4.69) is 15.4 Å². The average molecular weight is 393 g/mol. The summed E-state index contributed by atoms with van der Waals surface area (Å²) in [4.78, 5) is 29.3. The van der Waals surface area contributed by atoms with Crippen LogP contribution in [-0.2, 0) is 6.54 Å². The summed E-state index contributed by atoms with van der Waals surface area (Å²) < 4.78 is 3.26. The number of carbonyl (C=O) groups excluding carboxylic acids is 1. The molecule has 4 aromatic rings. The lowest BCUT2D eigenvalue weighted by Crippen LogP contribution is -2.32. The standard InChI is InChI=1S/C20H19N5O2S/c26-19(14-3-6-16-13(12-14)7-8-21-16)22-9-10-24-20(27)25(15-4-5-15)18(23-24)17-2-1-11-28-17/h1-3,6-8,11-12,15,21H,4-5,9-10H2,(H,22,26). The van der Waals surface area contributed by atoms with E-state index in [1.54, 1.807) is 22.0 Å². The quantitative estimate of drug-likeness (QED) is 0.528. The third-order valence-electron chi connectivity index (χ3n) is 4.95. The Bertz CT molecular complexity index is 1200. The summed E-state index contributed by atoms with van der Waals surface area (Å²) in [6.07, 6.45) is 3.88. The summed E-state index contributed by atoms with van der Waals surface area (Å²) in [7, 11) is 0. The lowest BCUT2D eigenvalue weighted by Gasteiger charge is -2.05. The van der Waals surface area contributed by atoms with Gasteiger partial charge in [-0.3, -0.25) is 9.36 Å². The van der Waals surface area contributed by atoms with E-state index in [4.69, 9.17) is 0 Å². The minimum atomic E-state index is -0.156. The molecule has 5 rings (SSSR count). The van der Waals surface area contributed by atoms with E-state index < -0.39 is 0 Å². The van der Waals surface area contributed by atoms with Crippen LogP contribution in [0.25, 0.3) is 21.6 Å². The van der Waals surface area contributed by atoms with Crippen molar-refractivity contribution in [3.8, 4) is 10.7 Å². The van der Waals surface area contributed by atoms with Crippen molar-refractivity contribution >= 4 is 28.1 Å².